The van der Waals surface area contributed by atoms with E-state index in [0.29, 0.717) is 0 Å². The lowest BCUT2D eigenvalue weighted by molar-refractivity contribution is 0.243. The van der Waals surface area contributed by atoms with Crippen LogP contribution >= 0.6 is 15.9 Å². The van der Waals surface area contributed by atoms with Crippen molar-refractivity contribution in [3.63, 3.8) is 0 Å². The zero-order chi connectivity index (χ0) is 13.2. The fourth-order valence-corrected chi connectivity index (χ4v) is 3.29. The summed E-state index contributed by atoms with van der Waals surface area (Å²) in [6.07, 6.45) is 1.10. The molecule has 0 spiro atoms. The third-order valence-electron chi connectivity index (χ3n) is 4.03. The molecule has 0 saturated carbocycles. The second-order valence-corrected chi connectivity index (χ2v) is 6.09. The molecule has 1 aromatic carbocycles. The number of hydrogen-bond acceptors (Lipinski definition) is 2. The van der Waals surface area contributed by atoms with E-state index in [9.17, 15) is 0 Å². The number of nitrogens with zero attached hydrogens (tertiary/aromatic N) is 1. The Balaban J connectivity index is 1.77. The summed E-state index contributed by atoms with van der Waals surface area (Å²) in [6.45, 7) is 7.95. The van der Waals surface area contributed by atoms with Crippen LogP contribution in [0.4, 0.5) is 0 Å². The second kappa shape index (κ2) is 5.65. The highest BCUT2D eigenvalue weighted by atomic mass is 79.9. The van der Waals surface area contributed by atoms with Gasteiger partial charge in [-0.1, -0.05) is 12.1 Å². The van der Waals surface area contributed by atoms with Gasteiger partial charge in [0, 0.05) is 54.7 Å². The van der Waals surface area contributed by atoms with Crippen LogP contribution in [0.5, 0.6) is 0 Å². The molecule has 2 aromatic rings. The van der Waals surface area contributed by atoms with E-state index in [1.165, 1.54) is 35.2 Å². The molecule has 2 N–H and O–H groups in total. The van der Waals surface area contributed by atoms with Gasteiger partial charge in [-0.3, -0.25) is 0 Å². The van der Waals surface area contributed by atoms with E-state index in [0.717, 1.165) is 30.5 Å². The summed E-state index contributed by atoms with van der Waals surface area (Å²) < 4.78 is 1.15. The van der Waals surface area contributed by atoms with Crippen LogP contribution in [0.2, 0.25) is 0 Å². The van der Waals surface area contributed by atoms with Crippen LogP contribution in [0.3, 0.4) is 0 Å². The van der Waals surface area contributed by atoms with Crippen LogP contribution in [0.1, 0.15) is 11.3 Å². The van der Waals surface area contributed by atoms with Gasteiger partial charge >= 0.3 is 0 Å². The minimum absolute atomic E-state index is 1.10. The smallest absolute Gasteiger partial charge is 0.0603 e. The fraction of sp³-hybridized carbons (Fsp3) is 0.467. The summed E-state index contributed by atoms with van der Waals surface area (Å²) in [5, 5.41) is 4.74. The van der Waals surface area contributed by atoms with Gasteiger partial charge < -0.3 is 15.2 Å². The normalized spacial score (nSPS) is 17.2. The van der Waals surface area contributed by atoms with Crippen LogP contribution in [-0.2, 0) is 6.42 Å². The number of aromatic nitrogens is 1. The van der Waals surface area contributed by atoms with Gasteiger partial charge in [0.1, 0.15) is 0 Å². The minimum Gasteiger partial charge on any atom is -0.357 e. The predicted octanol–water partition coefficient (Wildman–Crippen LogP) is 2.69. The lowest BCUT2D eigenvalue weighted by Gasteiger charge is -2.26. The Morgan fingerprint density at radius 3 is 2.79 bits per heavy atom. The number of rotatable bonds is 3. The van der Waals surface area contributed by atoms with Crippen molar-refractivity contribution in [2.75, 3.05) is 32.7 Å². The minimum atomic E-state index is 1.10. The van der Waals surface area contributed by atoms with Crippen molar-refractivity contribution in [1.82, 2.24) is 15.2 Å². The second-order valence-electron chi connectivity index (χ2n) is 5.23. The van der Waals surface area contributed by atoms with E-state index in [-0.39, 0.29) is 0 Å². The number of fused-ring (bicyclic) bond motifs is 1. The Bertz CT molecular complexity index is 570. The van der Waals surface area contributed by atoms with Crippen molar-refractivity contribution in [1.29, 1.82) is 0 Å². The third kappa shape index (κ3) is 2.71. The Morgan fingerprint density at radius 2 is 2.05 bits per heavy atom. The van der Waals surface area contributed by atoms with Crippen molar-refractivity contribution < 1.29 is 0 Å². The molecule has 0 atom stereocenters. The SMILES string of the molecule is Cc1c(CCN2CCNCC2)[nH]c2c(Br)cccc12. The molecule has 0 radical (unpaired) electrons. The van der Waals surface area contributed by atoms with Crippen molar-refractivity contribution in [3.05, 3.63) is 33.9 Å². The van der Waals surface area contributed by atoms with E-state index in [2.05, 4.69) is 56.3 Å². The number of H-pyrrole nitrogens is 1. The highest BCUT2D eigenvalue weighted by Crippen LogP contribution is 2.28. The zero-order valence-corrected chi connectivity index (χ0v) is 12.9. The maximum Gasteiger partial charge on any atom is 0.0603 e. The molecule has 3 nitrogen and oxygen atoms in total. The molecular weight excluding hydrogens is 302 g/mol. The molecule has 0 unspecified atom stereocenters. The molecule has 1 aliphatic heterocycles. The van der Waals surface area contributed by atoms with Gasteiger partial charge in [0.05, 0.1) is 5.52 Å². The first-order valence-corrected chi connectivity index (χ1v) is 7.74. The van der Waals surface area contributed by atoms with Crippen molar-refractivity contribution in [2.45, 2.75) is 13.3 Å². The number of hydrogen-bond donors (Lipinski definition) is 2. The molecule has 3 rings (SSSR count). The first-order valence-electron chi connectivity index (χ1n) is 6.94. The average Bonchev–Trinajstić information content (AvgIpc) is 2.77. The Hall–Kier alpha value is -0.840. The largest absolute Gasteiger partial charge is 0.357 e. The molecule has 4 heteroatoms. The summed E-state index contributed by atoms with van der Waals surface area (Å²) >= 11 is 3.62. The molecule has 1 aromatic heterocycles. The number of piperazine rings is 1. The monoisotopic (exact) mass is 321 g/mol. The van der Waals surface area contributed by atoms with Gasteiger partial charge in [-0.05, 0) is 34.5 Å². The first kappa shape index (κ1) is 13.2. The maximum absolute atomic E-state index is 3.62. The summed E-state index contributed by atoms with van der Waals surface area (Å²) in [5.41, 5.74) is 4.00. The topological polar surface area (TPSA) is 31.1 Å². The Labute approximate surface area is 122 Å². The van der Waals surface area contributed by atoms with Crippen molar-refractivity contribution in [3.8, 4) is 0 Å². The van der Waals surface area contributed by atoms with E-state index in [1.54, 1.807) is 0 Å². The summed E-state index contributed by atoms with van der Waals surface area (Å²) in [5.74, 6) is 0. The Morgan fingerprint density at radius 1 is 1.26 bits per heavy atom. The van der Waals surface area contributed by atoms with Gasteiger partial charge in [0.25, 0.3) is 0 Å². The van der Waals surface area contributed by atoms with E-state index in [4.69, 9.17) is 0 Å². The summed E-state index contributed by atoms with van der Waals surface area (Å²) in [6, 6.07) is 6.39. The van der Waals surface area contributed by atoms with Gasteiger partial charge in [0.15, 0.2) is 0 Å². The summed E-state index contributed by atoms with van der Waals surface area (Å²) in [4.78, 5) is 6.12. The van der Waals surface area contributed by atoms with E-state index >= 15 is 0 Å². The number of nitrogens with one attached hydrogen (secondary N) is 2. The van der Waals surface area contributed by atoms with Crippen LogP contribution in [0.15, 0.2) is 22.7 Å². The van der Waals surface area contributed by atoms with Crippen LogP contribution in [-0.4, -0.2) is 42.6 Å². The number of aryl methyl sites for hydroxylation is 1. The highest BCUT2D eigenvalue weighted by Gasteiger charge is 2.13. The van der Waals surface area contributed by atoms with Crippen molar-refractivity contribution in [2.24, 2.45) is 0 Å². The maximum atomic E-state index is 3.62. The van der Waals surface area contributed by atoms with Crippen LogP contribution in [0.25, 0.3) is 10.9 Å². The molecular formula is C15H20BrN3. The van der Waals surface area contributed by atoms with E-state index in [1.807, 2.05) is 0 Å². The molecule has 2 heterocycles. The summed E-state index contributed by atoms with van der Waals surface area (Å²) in [7, 11) is 0. The van der Waals surface area contributed by atoms with Crippen LogP contribution < -0.4 is 5.32 Å². The molecule has 0 amide bonds. The molecule has 1 aliphatic rings. The molecule has 19 heavy (non-hydrogen) atoms. The average molecular weight is 322 g/mol. The molecule has 102 valence electrons. The highest BCUT2D eigenvalue weighted by molar-refractivity contribution is 9.10. The third-order valence-corrected chi connectivity index (χ3v) is 4.69. The zero-order valence-electron chi connectivity index (χ0n) is 11.3. The number of para-hydroxylation sites is 1. The van der Waals surface area contributed by atoms with Gasteiger partial charge in [-0.2, -0.15) is 0 Å². The molecule has 0 aliphatic carbocycles. The van der Waals surface area contributed by atoms with Gasteiger partial charge in [-0.25, -0.2) is 0 Å². The molecule has 0 bridgehead atoms. The lowest BCUT2D eigenvalue weighted by atomic mass is 10.1. The number of halogens is 1. The predicted molar refractivity (Wildman–Crippen MR) is 83.7 cm³/mol. The van der Waals surface area contributed by atoms with Gasteiger partial charge in [-0.15, -0.1) is 0 Å². The molecule has 1 saturated heterocycles. The standard InChI is InChI=1S/C15H20BrN3/c1-11-12-3-2-4-13(16)15(12)18-14(11)5-8-19-9-6-17-7-10-19/h2-4,17-18H,5-10H2,1H3. The quantitative estimate of drug-likeness (QED) is 0.910. The van der Waals surface area contributed by atoms with Gasteiger partial charge in [0.2, 0.25) is 0 Å². The lowest BCUT2D eigenvalue weighted by Crippen LogP contribution is -2.44. The van der Waals surface area contributed by atoms with E-state index < -0.39 is 0 Å². The number of benzene rings is 1. The van der Waals surface area contributed by atoms with Crippen molar-refractivity contribution >= 4 is 26.8 Å². The van der Waals surface area contributed by atoms with Crippen LogP contribution in [0, 0.1) is 6.92 Å². The Kier molecular flexibility index (Phi) is 3.91. The molecule has 1 fully saturated rings. The fourth-order valence-electron chi connectivity index (χ4n) is 2.83. The first-order chi connectivity index (χ1) is 9.25. The number of aromatic amines is 1.